The summed E-state index contributed by atoms with van der Waals surface area (Å²) in [5.74, 6) is 0.684. The Balaban J connectivity index is 1.71. The van der Waals surface area contributed by atoms with Crippen molar-refractivity contribution in [2.45, 2.75) is 19.5 Å². The van der Waals surface area contributed by atoms with Gasteiger partial charge in [0.1, 0.15) is 11.6 Å². The SMILES string of the molecule is CC(NCc1cccc(F)c1)c1nc2ccccc2[nH]1. The molecule has 3 nitrogen and oxygen atoms in total. The van der Waals surface area contributed by atoms with Crippen LogP contribution in [0, 0.1) is 5.82 Å². The van der Waals surface area contributed by atoms with Gasteiger partial charge in [0.25, 0.3) is 0 Å². The van der Waals surface area contributed by atoms with E-state index in [2.05, 4.69) is 15.3 Å². The summed E-state index contributed by atoms with van der Waals surface area (Å²) in [6.45, 7) is 2.65. The maximum absolute atomic E-state index is 13.1. The number of imidazole rings is 1. The van der Waals surface area contributed by atoms with E-state index < -0.39 is 0 Å². The van der Waals surface area contributed by atoms with Crippen molar-refractivity contribution in [3.05, 3.63) is 65.7 Å². The van der Waals surface area contributed by atoms with Gasteiger partial charge in [-0.2, -0.15) is 0 Å². The van der Waals surface area contributed by atoms with Crippen LogP contribution >= 0.6 is 0 Å². The number of halogens is 1. The molecule has 1 aromatic heterocycles. The smallest absolute Gasteiger partial charge is 0.124 e. The van der Waals surface area contributed by atoms with Crippen molar-refractivity contribution in [1.82, 2.24) is 15.3 Å². The molecule has 4 heteroatoms. The van der Waals surface area contributed by atoms with Gasteiger partial charge < -0.3 is 10.3 Å². The summed E-state index contributed by atoms with van der Waals surface area (Å²) in [5, 5.41) is 3.34. The Labute approximate surface area is 116 Å². The highest BCUT2D eigenvalue weighted by molar-refractivity contribution is 5.74. The molecule has 2 N–H and O–H groups in total. The summed E-state index contributed by atoms with van der Waals surface area (Å²) in [6.07, 6.45) is 0. The van der Waals surface area contributed by atoms with Crippen LogP contribution in [0.15, 0.2) is 48.5 Å². The molecule has 0 aliphatic carbocycles. The summed E-state index contributed by atoms with van der Waals surface area (Å²) in [5.41, 5.74) is 2.91. The van der Waals surface area contributed by atoms with Crippen LogP contribution in [-0.4, -0.2) is 9.97 Å². The summed E-state index contributed by atoms with van der Waals surface area (Å²) < 4.78 is 13.1. The molecule has 3 aromatic rings. The van der Waals surface area contributed by atoms with E-state index in [1.807, 2.05) is 37.3 Å². The van der Waals surface area contributed by atoms with Gasteiger partial charge in [-0.05, 0) is 36.8 Å². The van der Waals surface area contributed by atoms with Crippen LogP contribution in [-0.2, 0) is 6.54 Å². The van der Waals surface area contributed by atoms with Crippen LogP contribution in [0.3, 0.4) is 0 Å². The van der Waals surface area contributed by atoms with Crippen molar-refractivity contribution in [2.24, 2.45) is 0 Å². The Morgan fingerprint density at radius 3 is 2.85 bits per heavy atom. The summed E-state index contributed by atoms with van der Waals surface area (Å²) in [4.78, 5) is 7.85. The number of nitrogens with one attached hydrogen (secondary N) is 2. The number of aromatic nitrogens is 2. The number of aromatic amines is 1. The van der Waals surface area contributed by atoms with Crippen molar-refractivity contribution in [3.63, 3.8) is 0 Å². The van der Waals surface area contributed by atoms with E-state index >= 15 is 0 Å². The van der Waals surface area contributed by atoms with Crippen LogP contribution in [0.4, 0.5) is 4.39 Å². The fraction of sp³-hybridized carbons (Fsp3) is 0.188. The third kappa shape index (κ3) is 2.70. The predicted molar refractivity (Wildman–Crippen MR) is 77.7 cm³/mol. The molecule has 0 bridgehead atoms. The average molecular weight is 269 g/mol. The van der Waals surface area contributed by atoms with E-state index in [1.165, 1.54) is 6.07 Å². The second-order valence-corrected chi connectivity index (χ2v) is 4.87. The minimum Gasteiger partial charge on any atom is -0.341 e. The van der Waals surface area contributed by atoms with Crippen molar-refractivity contribution >= 4 is 11.0 Å². The van der Waals surface area contributed by atoms with Gasteiger partial charge >= 0.3 is 0 Å². The fourth-order valence-electron chi connectivity index (χ4n) is 2.19. The Kier molecular flexibility index (Phi) is 3.48. The lowest BCUT2D eigenvalue weighted by Crippen LogP contribution is -2.19. The van der Waals surface area contributed by atoms with E-state index in [1.54, 1.807) is 12.1 Å². The fourth-order valence-corrected chi connectivity index (χ4v) is 2.19. The minimum atomic E-state index is -0.208. The highest BCUT2D eigenvalue weighted by Gasteiger charge is 2.10. The van der Waals surface area contributed by atoms with Crippen LogP contribution in [0.2, 0.25) is 0 Å². The first-order chi connectivity index (χ1) is 9.72. The van der Waals surface area contributed by atoms with Crippen molar-refractivity contribution in [2.75, 3.05) is 0 Å². The molecule has 0 aliphatic heterocycles. The highest BCUT2D eigenvalue weighted by atomic mass is 19.1. The number of benzene rings is 2. The standard InChI is InChI=1S/C16H16FN3/c1-11(18-10-12-5-4-6-13(17)9-12)16-19-14-7-2-3-8-15(14)20-16/h2-9,11,18H,10H2,1H3,(H,19,20). The van der Waals surface area contributed by atoms with E-state index in [0.717, 1.165) is 22.4 Å². The Morgan fingerprint density at radius 1 is 1.20 bits per heavy atom. The van der Waals surface area contributed by atoms with Gasteiger partial charge in [0.15, 0.2) is 0 Å². The van der Waals surface area contributed by atoms with E-state index in [9.17, 15) is 4.39 Å². The Morgan fingerprint density at radius 2 is 2.05 bits per heavy atom. The predicted octanol–water partition coefficient (Wildman–Crippen LogP) is 3.55. The topological polar surface area (TPSA) is 40.7 Å². The number of hydrogen-bond acceptors (Lipinski definition) is 2. The number of fused-ring (bicyclic) bond motifs is 1. The highest BCUT2D eigenvalue weighted by Crippen LogP contribution is 2.16. The molecule has 0 fully saturated rings. The quantitative estimate of drug-likeness (QED) is 0.760. The molecule has 1 heterocycles. The molecule has 0 radical (unpaired) electrons. The van der Waals surface area contributed by atoms with Gasteiger partial charge in [0, 0.05) is 6.54 Å². The van der Waals surface area contributed by atoms with Gasteiger partial charge in [0.05, 0.1) is 17.1 Å². The van der Waals surface area contributed by atoms with E-state index in [0.29, 0.717) is 6.54 Å². The largest absolute Gasteiger partial charge is 0.341 e. The maximum Gasteiger partial charge on any atom is 0.124 e. The number of H-pyrrole nitrogens is 1. The zero-order valence-corrected chi connectivity index (χ0v) is 11.2. The van der Waals surface area contributed by atoms with Crippen molar-refractivity contribution in [3.8, 4) is 0 Å². The first-order valence-corrected chi connectivity index (χ1v) is 6.65. The van der Waals surface area contributed by atoms with Crippen molar-refractivity contribution in [1.29, 1.82) is 0 Å². The zero-order chi connectivity index (χ0) is 13.9. The first kappa shape index (κ1) is 12.8. The van der Waals surface area contributed by atoms with Gasteiger partial charge in [-0.15, -0.1) is 0 Å². The monoisotopic (exact) mass is 269 g/mol. The van der Waals surface area contributed by atoms with Crippen LogP contribution in [0.5, 0.6) is 0 Å². The number of hydrogen-bond donors (Lipinski definition) is 2. The van der Waals surface area contributed by atoms with E-state index in [-0.39, 0.29) is 11.9 Å². The molecule has 102 valence electrons. The molecular formula is C16H16FN3. The molecule has 0 amide bonds. The third-order valence-corrected chi connectivity index (χ3v) is 3.32. The van der Waals surface area contributed by atoms with Crippen molar-refractivity contribution < 1.29 is 4.39 Å². The van der Waals surface area contributed by atoms with Crippen LogP contribution < -0.4 is 5.32 Å². The van der Waals surface area contributed by atoms with Crippen LogP contribution in [0.25, 0.3) is 11.0 Å². The molecule has 0 saturated heterocycles. The molecule has 0 spiro atoms. The van der Waals surface area contributed by atoms with Gasteiger partial charge in [0.2, 0.25) is 0 Å². The first-order valence-electron chi connectivity index (χ1n) is 6.65. The lowest BCUT2D eigenvalue weighted by atomic mass is 10.2. The molecule has 20 heavy (non-hydrogen) atoms. The summed E-state index contributed by atoms with van der Waals surface area (Å²) in [6, 6.07) is 14.6. The number of para-hydroxylation sites is 2. The van der Waals surface area contributed by atoms with E-state index in [4.69, 9.17) is 0 Å². The van der Waals surface area contributed by atoms with Crippen LogP contribution in [0.1, 0.15) is 24.4 Å². The summed E-state index contributed by atoms with van der Waals surface area (Å²) in [7, 11) is 0. The zero-order valence-electron chi connectivity index (χ0n) is 11.2. The Hall–Kier alpha value is -2.20. The second-order valence-electron chi connectivity index (χ2n) is 4.87. The third-order valence-electron chi connectivity index (χ3n) is 3.32. The van der Waals surface area contributed by atoms with Gasteiger partial charge in [-0.1, -0.05) is 24.3 Å². The Bertz CT molecular complexity index is 687. The lowest BCUT2D eigenvalue weighted by Gasteiger charge is -2.11. The molecule has 0 aliphatic rings. The number of nitrogens with zero attached hydrogens (tertiary/aromatic N) is 1. The van der Waals surface area contributed by atoms with Gasteiger partial charge in [-0.25, -0.2) is 9.37 Å². The lowest BCUT2D eigenvalue weighted by molar-refractivity contribution is 0.549. The number of rotatable bonds is 4. The normalized spacial score (nSPS) is 12.7. The average Bonchev–Trinajstić information content (AvgIpc) is 2.89. The molecule has 0 saturated carbocycles. The summed E-state index contributed by atoms with van der Waals surface area (Å²) >= 11 is 0. The van der Waals surface area contributed by atoms with Gasteiger partial charge in [-0.3, -0.25) is 0 Å². The molecule has 2 aromatic carbocycles. The minimum absolute atomic E-state index is 0.0747. The molecule has 1 atom stereocenters. The molecule has 3 rings (SSSR count). The maximum atomic E-state index is 13.1. The molecular weight excluding hydrogens is 253 g/mol. The molecule has 1 unspecified atom stereocenters. The second kappa shape index (κ2) is 5.43.